The van der Waals surface area contributed by atoms with E-state index in [1.807, 2.05) is 49.1 Å². The molecule has 0 aliphatic heterocycles. The van der Waals surface area contributed by atoms with Crippen molar-refractivity contribution in [2.45, 2.75) is 18.9 Å². The first-order valence-electron chi connectivity index (χ1n) is 7.26. The Morgan fingerprint density at radius 1 is 1.13 bits per heavy atom. The van der Waals surface area contributed by atoms with E-state index in [1.54, 1.807) is 11.3 Å². The zero-order valence-corrected chi connectivity index (χ0v) is 15.9. The van der Waals surface area contributed by atoms with E-state index in [0.29, 0.717) is 6.42 Å². The number of aliphatic hydroxyl groups excluding tert-OH is 1. The minimum Gasteiger partial charge on any atom is -0.388 e. The number of ketones is 1. The van der Waals surface area contributed by atoms with Crippen molar-refractivity contribution in [2.75, 3.05) is 27.2 Å². The van der Waals surface area contributed by atoms with Crippen LogP contribution in [-0.2, 0) is 0 Å². The molecule has 7 heteroatoms. The van der Waals surface area contributed by atoms with Gasteiger partial charge in [0.05, 0.1) is 11.0 Å². The summed E-state index contributed by atoms with van der Waals surface area (Å²) in [6.07, 6.45) is 1.09. The first-order valence-corrected chi connectivity index (χ1v) is 9.02. The third-order valence-corrected chi connectivity index (χ3v) is 4.82. The summed E-state index contributed by atoms with van der Waals surface area (Å²) in [4.78, 5) is 13.2. The Morgan fingerprint density at radius 2 is 1.78 bits per heavy atom. The zero-order valence-electron chi connectivity index (χ0n) is 13.5. The van der Waals surface area contributed by atoms with Gasteiger partial charge in [-0.05, 0) is 50.0 Å². The van der Waals surface area contributed by atoms with E-state index >= 15 is 0 Å². The Balaban J connectivity index is 0.000000403. The number of carbonyl (C=O) groups is 1. The second-order valence-corrected chi connectivity index (χ2v) is 6.60. The molecule has 0 fully saturated rings. The molecule has 0 radical (unpaired) electrons. The molecule has 0 saturated carbocycles. The number of aliphatic hydroxyl groups is 1. The molecule has 0 aromatic carbocycles. The van der Waals surface area contributed by atoms with Crippen LogP contribution in [0.25, 0.3) is 0 Å². The van der Waals surface area contributed by atoms with Gasteiger partial charge in [0.15, 0.2) is 5.78 Å². The second-order valence-electron chi connectivity index (χ2n) is 4.68. The van der Waals surface area contributed by atoms with Crippen molar-refractivity contribution in [2.24, 2.45) is 0 Å². The molecular formula is C16H25ClN2O2S2. The van der Waals surface area contributed by atoms with Gasteiger partial charge in [0.2, 0.25) is 0 Å². The number of carbonyl (C=O) groups excluding carboxylic acids is 1. The van der Waals surface area contributed by atoms with Crippen molar-refractivity contribution in [1.82, 2.24) is 10.6 Å². The molecule has 130 valence electrons. The van der Waals surface area contributed by atoms with Crippen LogP contribution < -0.4 is 10.6 Å². The predicted octanol–water partition coefficient (Wildman–Crippen LogP) is 3.35. The molecule has 0 saturated heterocycles. The van der Waals surface area contributed by atoms with E-state index in [0.717, 1.165) is 29.3 Å². The minimum absolute atomic E-state index is 0. The van der Waals surface area contributed by atoms with Crippen LogP contribution in [0.15, 0.2) is 35.0 Å². The van der Waals surface area contributed by atoms with E-state index < -0.39 is 0 Å². The molecule has 0 aliphatic rings. The lowest BCUT2D eigenvalue weighted by molar-refractivity contribution is 0.0987. The van der Waals surface area contributed by atoms with E-state index in [2.05, 4.69) is 10.6 Å². The van der Waals surface area contributed by atoms with E-state index in [4.69, 9.17) is 0 Å². The molecular weight excluding hydrogens is 352 g/mol. The first-order chi connectivity index (χ1) is 10.7. The molecule has 0 spiro atoms. The van der Waals surface area contributed by atoms with Crippen LogP contribution in [-0.4, -0.2) is 38.1 Å². The van der Waals surface area contributed by atoms with Crippen LogP contribution in [0, 0.1) is 0 Å². The number of halogens is 1. The zero-order chi connectivity index (χ0) is 16.2. The highest BCUT2D eigenvalue weighted by atomic mass is 35.5. The fourth-order valence-electron chi connectivity index (χ4n) is 1.70. The third-order valence-electron chi connectivity index (χ3n) is 2.94. The molecule has 3 N–H and O–H groups in total. The smallest absolute Gasteiger partial charge is 0.174 e. The molecule has 1 atom stereocenters. The van der Waals surface area contributed by atoms with E-state index in [-0.39, 0.29) is 24.3 Å². The van der Waals surface area contributed by atoms with Gasteiger partial charge >= 0.3 is 0 Å². The average Bonchev–Trinajstić information content (AvgIpc) is 3.23. The highest BCUT2D eigenvalue weighted by Crippen LogP contribution is 2.20. The maximum atomic E-state index is 11.2. The molecule has 2 aromatic rings. The lowest BCUT2D eigenvalue weighted by Crippen LogP contribution is -2.12. The minimum atomic E-state index is -0.289. The van der Waals surface area contributed by atoms with Crippen molar-refractivity contribution in [3.8, 4) is 0 Å². The average molecular weight is 377 g/mol. The van der Waals surface area contributed by atoms with Gasteiger partial charge in [0.25, 0.3) is 0 Å². The molecule has 4 nitrogen and oxygen atoms in total. The number of hydrogen-bond donors (Lipinski definition) is 3. The van der Waals surface area contributed by atoms with Gasteiger partial charge in [-0.25, -0.2) is 0 Å². The molecule has 2 rings (SSSR count). The highest BCUT2D eigenvalue weighted by Gasteiger charge is 2.06. The Labute approximate surface area is 152 Å². The predicted molar refractivity (Wildman–Crippen MR) is 102 cm³/mol. The normalized spacial score (nSPS) is 11.1. The molecule has 0 aliphatic carbocycles. The van der Waals surface area contributed by atoms with Crippen molar-refractivity contribution in [3.05, 3.63) is 44.8 Å². The van der Waals surface area contributed by atoms with Crippen LogP contribution in [0.5, 0.6) is 0 Å². The monoisotopic (exact) mass is 376 g/mol. The third kappa shape index (κ3) is 9.20. The van der Waals surface area contributed by atoms with Gasteiger partial charge in [-0.3, -0.25) is 4.79 Å². The van der Waals surface area contributed by atoms with Gasteiger partial charge < -0.3 is 15.7 Å². The van der Waals surface area contributed by atoms with Crippen LogP contribution in [0.4, 0.5) is 0 Å². The van der Waals surface area contributed by atoms with Crippen LogP contribution in [0.3, 0.4) is 0 Å². The van der Waals surface area contributed by atoms with E-state index in [9.17, 15) is 9.90 Å². The topological polar surface area (TPSA) is 61.4 Å². The van der Waals surface area contributed by atoms with Crippen LogP contribution in [0.2, 0.25) is 0 Å². The van der Waals surface area contributed by atoms with Crippen LogP contribution >= 0.6 is 35.1 Å². The molecule has 0 amide bonds. The van der Waals surface area contributed by atoms with Crippen molar-refractivity contribution in [1.29, 1.82) is 0 Å². The van der Waals surface area contributed by atoms with Gasteiger partial charge in [0, 0.05) is 17.8 Å². The molecule has 2 aromatic heterocycles. The standard InChI is InChI=1S/C8H13NOS.C8H11NOS.ClH/c2*1-9-5-4-7(10)8-3-2-6-11-8;/h2-3,6-7,9-10H,4-5H2,1H3;2-3,6,9H,4-5H2,1H3;1H/t7-;;/m0../s1. The van der Waals surface area contributed by atoms with Gasteiger partial charge in [-0.1, -0.05) is 12.1 Å². The lowest BCUT2D eigenvalue weighted by Gasteiger charge is -2.06. The summed E-state index contributed by atoms with van der Waals surface area (Å²) in [6, 6.07) is 7.69. The maximum Gasteiger partial charge on any atom is 0.174 e. The molecule has 0 bridgehead atoms. The van der Waals surface area contributed by atoms with Crippen molar-refractivity contribution < 1.29 is 9.90 Å². The van der Waals surface area contributed by atoms with Gasteiger partial charge in [0.1, 0.15) is 0 Å². The van der Waals surface area contributed by atoms with Crippen molar-refractivity contribution in [3.63, 3.8) is 0 Å². The Kier molecular flexibility index (Phi) is 13.2. The highest BCUT2D eigenvalue weighted by molar-refractivity contribution is 7.12. The molecule has 23 heavy (non-hydrogen) atoms. The number of nitrogens with one attached hydrogen (secondary N) is 2. The summed E-state index contributed by atoms with van der Waals surface area (Å²) in [5.74, 6) is 0.231. The number of thiophene rings is 2. The maximum absolute atomic E-state index is 11.2. The number of hydrogen-bond acceptors (Lipinski definition) is 6. The Hall–Kier alpha value is -0.760. The largest absolute Gasteiger partial charge is 0.388 e. The Morgan fingerprint density at radius 3 is 2.30 bits per heavy atom. The quantitative estimate of drug-likeness (QED) is 0.618. The fourth-order valence-corrected chi connectivity index (χ4v) is 3.14. The molecule has 2 heterocycles. The Bertz CT molecular complexity index is 504. The first kappa shape index (κ1) is 22.2. The van der Waals surface area contributed by atoms with Gasteiger partial charge in [-0.2, -0.15) is 0 Å². The summed E-state index contributed by atoms with van der Waals surface area (Å²) in [5, 5.41) is 19.4. The number of rotatable bonds is 8. The summed E-state index contributed by atoms with van der Waals surface area (Å²) in [7, 11) is 3.74. The molecule has 0 unspecified atom stereocenters. The summed E-state index contributed by atoms with van der Waals surface area (Å²) < 4.78 is 0. The summed E-state index contributed by atoms with van der Waals surface area (Å²) in [5.41, 5.74) is 0. The van der Waals surface area contributed by atoms with Crippen LogP contribution in [0.1, 0.15) is 33.5 Å². The SMILES string of the molecule is CNCCC(=O)c1cccs1.CNCC[C@H](O)c1cccs1.Cl. The van der Waals surface area contributed by atoms with Gasteiger partial charge in [-0.15, -0.1) is 35.1 Å². The second kappa shape index (κ2) is 13.7. The summed E-state index contributed by atoms with van der Waals surface area (Å²) in [6.45, 7) is 1.62. The lowest BCUT2D eigenvalue weighted by atomic mass is 10.2. The summed E-state index contributed by atoms with van der Waals surface area (Å²) >= 11 is 3.11. The van der Waals surface area contributed by atoms with E-state index in [1.165, 1.54) is 11.3 Å². The fraction of sp³-hybridized carbons (Fsp3) is 0.438. The number of Topliss-reactive ketones (excluding diaryl/α,β-unsaturated/α-hetero) is 1. The van der Waals surface area contributed by atoms with Crippen molar-refractivity contribution >= 4 is 40.9 Å².